The molecule has 4 aliphatic carbocycles. The average Bonchev–Trinajstić information content (AvgIpc) is 1.44. The molecular formula is C92H56BN3. The number of rotatable bonds is 5. The summed E-state index contributed by atoms with van der Waals surface area (Å²) in [5.74, 6) is 0. The van der Waals surface area contributed by atoms with Crippen molar-refractivity contribution in [2.24, 2.45) is 0 Å². The van der Waals surface area contributed by atoms with Crippen molar-refractivity contribution in [3.63, 3.8) is 0 Å². The summed E-state index contributed by atoms with van der Waals surface area (Å²) in [7, 11) is 0. The van der Waals surface area contributed by atoms with Gasteiger partial charge in [0.25, 0.3) is 6.71 Å². The number of nitrogens with zero attached hydrogens (tertiary/aromatic N) is 3. The molecule has 6 aliphatic rings. The molecular weight excluding hydrogens is 1160 g/mol. The monoisotopic (exact) mass is 1210 g/mol. The van der Waals surface area contributed by atoms with E-state index in [9.17, 15) is 0 Å². The van der Waals surface area contributed by atoms with Crippen molar-refractivity contribution < 1.29 is 0 Å². The smallest absolute Gasteiger partial charge is 0.252 e. The predicted octanol–water partition coefficient (Wildman–Crippen LogP) is 20.9. The molecule has 96 heavy (non-hydrogen) atoms. The highest BCUT2D eigenvalue weighted by molar-refractivity contribution is 7.00. The highest BCUT2D eigenvalue weighted by Crippen LogP contribution is 2.67. The number of para-hydroxylation sites is 2. The van der Waals surface area contributed by atoms with Crippen LogP contribution in [0.1, 0.15) is 44.5 Å². The summed E-state index contributed by atoms with van der Waals surface area (Å²) in [4.78, 5) is 5.37. The minimum atomic E-state index is -0.661. The summed E-state index contributed by atoms with van der Waals surface area (Å²) in [6.45, 7) is -0.213. The van der Waals surface area contributed by atoms with Gasteiger partial charge in [0.15, 0.2) is 0 Å². The van der Waals surface area contributed by atoms with Crippen LogP contribution < -0.4 is 26.2 Å². The molecule has 2 spiro atoms. The Hall–Kier alpha value is -12.2. The molecule has 3 nitrogen and oxygen atoms in total. The molecule has 0 N–H and O–H groups in total. The van der Waals surface area contributed by atoms with E-state index in [1.165, 1.54) is 155 Å². The Balaban J connectivity index is 0.891. The van der Waals surface area contributed by atoms with E-state index in [4.69, 9.17) is 0 Å². The third kappa shape index (κ3) is 6.58. The molecule has 22 rings (SSSR count). The van der Waals surface area contributed by atoms with E-state index in [1.54, 1.807) is 0 Å². The quantitative estimate of drug-likeness (QED) is 0.159. The highest BCUT2D eigenvalue weighted by atomic mass is 15.2. The lowest BCUT2D eigenvalue weighted by Crippen LogP contribution is -2.62. The van der Waals surface area contributed by atoms with Crippen LogP contribution in [0.5, 0.6) is 0 Å². The Morgan fingerprint density at radius 1 is 0.240 bits per heavy atom. The van der Waals surface area contributed by atoms with E-state index in [0.29, 0.717) is 0 Å². The van der Waals surface area contributed by atoms with E-state index in [2.05, 4.69) is 354 Å². The third-order valence-electron chi connectivity index (χ3n) is 22.6. The van der Waals surface area contributed by atoms with Crippen LogP contribution in [0.25, 0.3) is 94.3 Å². The Morgan fingerprint density at radius 2 is 0.656 bits per heavy atom. The lowest BCUT2D eigenvalue weighted by Gasteiger charge is -2.46. The van der Waals surface area contributed by atoms with Gasteiger partial charge >= 0.3 is 0 Å². The van der Waals surface area contributed by atoms with Gasteiger partial charge < -0.3 is 14.4 Å². The molecule has 0 fully saturated rings. The molecule has 0 saturated heterocycles. The Kier molecular flexibility index (Phi) is 10.5. The molecule has 2 aliphatic heterocycles. The second kappa shape index (κ2) is 19.2. The van der Waals surface area contributed by atoms with Crippen LogP contribution in [-0.2, 0) is 10.8 Å². The molecule has 0 radical (unpaired) electrons. The second-order valence-corrected chi connectivity index (χ2v) is 26.9. The first kappa shape index (κ1) is 52.3. The standard InChI is InChI=1S/C92H56BN3/c1-3-23-57(24-4-1)59-43-46-61(47-44-59)96-87-56-63(95-83-41-21-13-33-70(83)71-34-14-22-42-84(71)95)55-86-89(87)93(81-51-49-72-68-31-11-20-40-79(68)92(88(72)90(81)96)77-38-18-9-29-66(77)67-30-10-19-39-78(67)92)82-53-60(58-25-5-2-6-26-58)45-52-85(82)94(86)62-48-50-80-73(54-62)69-32-12-17-37-76(69)91(80)74-35-15-7-27-64(74)65-28-8-16-36-75(65)91/h1-56H. The fourth-order valence-corrected chi connectivity index (χ4v) is 19.0. The van der Waals surface area contributed by atoms with Crippen LogP contribution >= 0.6 is 0 Å². The van der Waals surface area contributed by atoms with Crippen molar-refractivity contribution in [2.75, 3.05) is 9.80 Å². The van der Waals surface area contributed by atoms with Crippen molar-refractivity contribution in [1.82, 2.24) is 4.57 Å². The van der Waals surface area contributed by atoms with Gasteiger partial charge in [-0.05, 0) is 177 Å². The van der Waals surface area contributed by atoms with Crippen LogP contribution in [0.15, 0.2) is 340 Å². The lowest BCUT2D eigenvalue weighted by atomic mass is 9.33. The van der Waals surface area contributed by atoms with Crippen LogP contribution in [0.3, 0.4) is 0 Å². The van der Waals surface area contributed by atoms with E-state index in [1.807, 2.05) is 0 Å². The van der Waals surface area contributed by atoms with Crippen LogP contribution in [0.4, 0.5) is 34.1 Å². The topological polar surface area (TPSA) is 11.4 Å². The molecule has 0 saturated carbocycles. The maximum absolute atomic E-state index is 2.72. The molecule has 16 aromatic rings. The largest absolute Gasteiger partial charge is 0.311 e. The Morgan fingerprint density at radius 3 is 1.21 bits per heavy atom. The minimum absolute atomic E-state index is 0.213. The first-order valence-electron chi connectivity index (χ1n) is 33.7. The number of hydrogen-bond acceptors (Lipinski definition) is 2. The molecule has 0 amide bonds. The van der Waals surface area contributed by atoms with Gasteiger partial charge in [-0.1, -0.05) is 285 Å². The summed E-state index contributed by atoms with van der Waals surface area (Å²) in [6, 6.07) is 130. The summed E-state index contributed by atoms with van der Waals surface area (Å²) in [5.41, 5.74) is 38.6. The number of benzene rings is 15. The zero-order valence-electron chi connectivity index (χ0n) is 52.3. The van der Waals surface area contributed by atoms with Gasteiger partial charge in [-0.2, -0.15) is 0 Å². The minimum Gasteiger partial charge on any atom is -0.311 e. The molecule has 4 heteroatoms. The molecule has 442 valence electrons. The van der Waals surface area contributed by atoms with Crippen molar-refractivity contribution >= 4 is 79.0 Å². The van der Waals surface area contributed by atoms with E-state index in [0.717, 1.165) is 34.1 Å². The zero-order chi connectivity index (χ0) is 62.5. The van der Waals surface area contributed by atoms with E-state index < -0.39 is 10.8 Å². The van der Waals surface area contributed by atoms with Crippen LogP contribution in [-0.4, -0.2) is 11.3 Å². The second-order valence-electron chi connectivity index (χ2n) is 26.9. The predicted molar refractivity (Wildman–Crippen MR) is 398 cm³/mol. The summed E-state index contributed by atoms with van der Waals surface area (Å²) >= 11 is 0. The molecule has 1 aromatic heterocycles. The number of aromatic nitrogens is 1. The number of anilines is 6. The third-order valence-corrected chi connectivity index (χ3v) is 22.6. The van der Waals surface area contributed by atoms with Crippen molar-refractivity contribution in [3.8, 4) is 72.4 Å². The van der Waals surface area contributed by atoms with Gasteiger partial charge in [0.2, 0.25) is 0 Å². The zero-order valence-corrected chi connectivity index (χ0v) is 52.3. The van der Waals surface area contributed by atoms with E-state index in [-0.39, 0.29) is 6.71 Å². The molecule has 3 heterocycles. The van der Waals surface area contributed by atoms with Gasteiger partial charge in [0, 0.05) is 50.5 Å². The van der Waals surface area contributed by atoms with E-state index >= 15 is 0 Å². The summed E-state index contributed by atoms with van der Waals surface area (Å²) < 4.78 is 2.54. The van der Waals surface area contributed by atoms with Crippen LogP contribution in [0, 0.1) is 0 Å². The molecule has 0 atom stereocenters. The number of fused-ring (bicyclic) bond motifs is 28. The van der Waals surface area contributed by atoms with Gasteiger partial charge in [-0.25, -0.2) is 0 Å². The highest BCUT2D eigenvalue weighted by Gasteiger charge is 2.57. The van der Waals surface area contributed by atoms with Crippen LogP contribution in [0.2, 0.25) is 0 Å². The maximum atomic E-state index is 2.72. The molecule has 15 aromatic carbocycles. The fourth-order valence-electron chi connectivity index (χ4n) is 19.0. The van der Waals surface area contributed by atoms with Crippen molar-refractivity contribution in [1.29, 1.82) is 0 Å². The molecule has 0 bridgehead atoms. The summed E-state index contributed by atoms with van der Waals surface area (Å²) in [5, 5.41) is 2.45. The number of hydrogen-bond donors (Lipinski definition) is 0. The van der Waals surface area contributed by atoms with Crippen molar-refractivity contribution in [2.45, 2.75) is 10.8 Å². The van der Waals surface area contributed by atoms with Gasteiger partial charge in [-0.3, -0.25) is 0 Å². The lowest BCUT2D eigenvalue weighted by molar-refractivity contribution is 0.793. The average molecular weight is 1210 g/mol. The van der Waals surface area contributed by atoms with Gasteiger partial charge in [0.1, 0.15) is 0 Å². The Bertz CT molecular complexity index is 5900. The first-order chi connectivity index (χ1) is 47.7. The van der Waals surface area contributed by atoms with Gasteiger partial charge in [0.05, 0.1) is 27.6 Å². The summed E-state index contributed by atoms with van der Waals surface area (Å²) in [6.07, 6.45) is 0. The van der Waals surface area contributed by atoms with Gasteiger partial charge in [-0.15, -0.1) is 0 Å². The Labute approximate surface area is 557 Å². The SMILES string of the molecule is c1ccc(-c2ccc(N3c4cc(-n5c6ccccc6c6ccccc65)cc5c4B(c4cc(-c6ccccc6)ccc4N5c4ccc5c(c4)-c4ccccc4C54c5ccccc5-c5ccccc54)c4ccc5c(c43)C3(c4ccccc4-c4ccccc43)c3ccccc3-5)cc2)cc1. The van der Waals surface area contributed by atoms with Crippen molar-refractivity contribution in [3.05, 3.63) is 384 Å². The normalized spacial score (nSPS) is 14.4. The fraction of sp³-hybridized carbons (Fsp3) is 0.0217. The maximum Gasteiger partial charge on any atom is 0.252 e. The molecule has 0 unspecified atom stereocenters. The first-order valence-corrected chi connectivity index (χ1v) is 33.7.